The molecule has 0 bridgehead atoms. The zero-order valence-corrected chi connectivity index (χ0v) is 15.4. The van der Waals surface area contributed by atoms with Crippen LogP contribution in [0.5, 0.6) is 0 Å². The molecule has 0 radical (unpaired) electrons. The Hall–Kier alpha value is -3.75. The van der Waals surface area contributed by atoms with Gasteiger partial charge in [0.05, 0.1) is 10.5 Å². The Labute approximate surface area is 160 Å². The van der Waals surface area contributed by atoms with Gasteiger partial charge in [0.2, 0.25) is 0 Å². The lowest BCUT2D eigenvalue weighted by Gasteiger charge is -2.08. The largest absolute Gasteiger partial charge is 0.452 e. The first kappa shape index (κ1) is 20.6. The smallest absolute Gasteiger partial charge is 0.338 e. The average molecular weight is 385 g/mol. The molecule has 0 saturated carbocycles. The molecule has 0 saturated heterocycles. The molecular formula is C19H19N3O6. The maximum Gasteiger partial charge on any atom is 0.338 e. The van der Waals surface area contributed by atoms with Crippen LogP contribution >= 0.6 is 0 Å². The molecule has 2 rings (SSSR count). The lowest BCUT2D eigenvalue weighted by Crippen LogP contribution is -2.23. The molecule has 0 aliphatic carbocycles. The number of aryl methyl sites for hydroxylation is 1. The van der Waals surface area contributed by atoms with Crippen LogP contribution in [0.25, 0.3) is 0 Å². The van der Waals surface area contributed by atoms with Gasteiger partial charge >= 0.3 is 5.97 Å². The van der Waals surface area contributed by atoms with Crippen molar-refractivity contribution in [3.8, 4) is 0 Å². The normalized spacial score (nSPS) is 10.1. The molecule has 146 valence electrons. The predicted molar refractivity (Wildman–Crippen MR) is 101 cm³/mol. The van der Waals surface area contributed by atoms with E-state index in [2.05, 4.69) is 10.6 Å². The van der Waals surface area contributed by atoms with Crippen LogP contribution < -0.4 is 10.6 Å². The van der Waals surface area contributed by atoms with Gasteiger partial charge < -0.3 is 15.4 Å². The summed E-state index contributed by atoms with van der Waals surface area (Å²) in [4.78, 5) is 46.1. The molecule has 0 atom stereocenters. The minimum absolute atomic E-state index is 0.106. The first-order valence-electron chi connectivity index (χ1n) is 8.42. The average Bonchev–Trinajstić information content (AvgIpc) is 2.66. The molecule has 0 heterocycles. The highest BCUT2D eigenvalue weighted by molar-refractivity contribution is 5.98. The second kappa shape index (κ2) is 9.26. The number of hydrogen-bond donors (Lipinski definition) is 2. The fraction of sp³-hybridized carbons (Fsp3) is 0.211. The number of rotatable bonds is 7. The molecule has 9 nitrogen and oxygen atoms in total. The molecule has 9 heteroatoms. The number of benzene rings is 2. The van der Waals surface area contributed by atoms with E-state index in [1.165, 1.54) is 31.2 Å². The van der Waals surface area contributed by atoms with Crippen molar-refractivity contribution in [1.82, 2.24) is 5.32 Å². The number of nitrogens with zero attached hydrogens (tertiary/aromatic N) is 1. The van der Waals surface area contributed by atoms with Crippen LogP contribution in [0, 0.1) is 17.0 Å². The third-order valence-electron chi connectivity index (χ3n) is 3.71. The Bertz CT molecular complexity index is 926. The lowest BCUT2D eigenvalue weighted by molar-refractivity contribution is -0.385. The van der Waals surface area contributed by atoms with Gasteiger partial charge in [-0.1, -0.05) is 6.07 Å². The fourth-order valence-corrected chi connectivity index (χ4v) is 2.40. The molecule has 0 spiro atoms. The van der Waals surface area contributed by atoms with Gasteiger partial charge in [-0.2, -0.15) is 0 Å². The van der Waals surface area contributed by atoms with E-state index < -0.39 is 23.4 Å². The number of carbonyl (C=O) groups is 3. The minimum atomic E-state index is -0.774. The van der Waals surface area contributed by atoms with Crippen LogP contribution in [0.2, 0.25) is 0 Å². The Balaban J connectivity index is 1.94. The first-order chi connectivity index (χ1) is 13.3. The summed E-state index contributed by atoms with van der Waals surface area (Å²) >= 11 is 0. The summed E-state index contributed by atoms with van der Waals surface area (Å²) < 4.78 is 4.93. The number of nitro benzene ring substituents is 1. The number of carbonyl (C=O) groups excluding carboxylic acids is 3. The zero-order valence-electron chi connectivity index (χ0n) is 15.4. The van der Waals surface area contributed by atoms with Crippen LogP contribution in [0.15, 0.2) is 42.5 Å². The third kappa shape index (κ3) is 5.37. The van der Waals surface area contributed by atoms with Crippen molar-refractivity contribution in [3.63, 3.8) is 0 Å². The molecule has 2 amide bonds. The molecular weight excluding hydrogens is 366 g/mol. The third-order valence-corrected chi connectivity index (χ3v) is 3.71. The van der Waals surface area contributed by atoms with Crippen molar-refractivity contribution in [3.05, 3.63) is 69.3 Å². The predicted octanol–water partition coefficient (Wildman–Crippen LogP) is 2.45. The van der Waals surface area contributed by atoms with E-state index in [0.29, 0.717) is 23.4 Å². The van der Waals surface area contributed by atoms with Crippen LogP contribution in [0.4, 0.5) is 11.4 Å². The van der Waals surface area contributed by atoms with E-state index in [1.54, 1.807) is 25.1 Å². The van der Waals surface area contributed by atoms with E-state index in [0.717, 1.165) is 0 Å². The summed E-state index contributed by atoms with van der Waals surface area (Å²) in [7, 11) is 0. The number of anilines is 1. The Morgan fingerprint density at radius 3 is 2.50 bits per heavy atom. The summed E-state index contributed by atoms with van der Waals surface area (Å²) in [5.41, 5.74) is 1.08. The molecule has 0 aliphatic rings. The van der Waals surface area contributed by atoms with E-state index in [4.69, 9.17) is 4.74 Å². The summed E-state index contributed by atoms with van der Waals surface area (Å²) in [6.07, 6.45) is 0. The highest BCUT2D eigenvalue weighted by Crippen LogP contribution is 2.19. The lowest BCUT2D eigenvalue weighted by atomic mass is 10.1. The number of nitro groups is 1. The summed E-state index contributed by atoms with van der Waals surface area (Å²) in [6, 6.07) is 10.1. The minimum Gasteiger partial charge on any atom is -0.452 e. The second-order valence-corrected chi connectivity index (χ2v) is 5.82. The van der Waals surface area contributed by atoms with Crippen molar-refractivity contribution < 1.29 is 24.0 Å². The van der Waals surface area contributed by atoms with Gasteiger partial charge in [-0.25, -0.2) is 4.79 Å². The van der Waals surface area contributed by atoms with Crippen molar-refractivity contribution in [2.75, 3.05) is 18.5 Å². The number of nitrogens with one attached hydrogen (secondary N) is 2. The van der Waals surface area contributed by atoms with Crippen LogP contribution in [0.3, 0.4) is 0 Å². The Morgan fingerprint density at radius 1 is 1.11 bits per heavy atom. The van der Waals surface area contributed by atoms with Crippen LogP contribution in [0.1, 0.15) is 33.2 Å². The molecule has 2 aromatic carbocycles. The van der Waals surface area contributed by atoms with Gasteiger partial charge in [0, 0.05) is 29.4 Å². The molecule has 0 unspecified atom stereocenters. The topological polar surface area (TPSA) is 128 Å². The Kier molecular flexibility index (Phi) is 6.80. The van der Waals surface area contributed by atoms with Crippen molar-refractivity contribution in [1.29, 1.82) is 0 Å². The van der Waals surface area contributed by atoms with E-state index in [-0.39, 0.29) is 17.2 Å². The van der Waals surface area contributed by atoms with Gasteiger partial charge in [-0.3, -0.25) is 19.7 Å². The van der Waals surface area contributed by atoms with E-state index >= 15 is 0 Å². The molecule has 28 heavy (non-hydrogen) atoms. The first-order valence-corrected chi connectivity index (χ1v) is 8.42. The van der Waals surface area contributed by atoms with Crippen molar-refractivity contribution >= 4 is 29.2 Å². The molecule has 0 fully saturated rings. The van der Waals surface area contributed by atoms with Gasteiger partial charge in [0.25, 0.3) is 17.5 Å². The van der Waals surface area contributed by atoms with Gasteiger partial charge in [-0.15, -0.1) is 0 Å². The summed E-state index contributed by atoms with van der Waals surface area (Å²) in [6.45, 7) is 3.24. The van der Waals surface area contributed by atoms with Crippen molar-refractivity contribution in [2.24, 2.45) is 0 Å². The quantitative estimate of drug-likeness (QED) is 0.428. The van der Waals surface area contributed by atoms with E-state index in [9.17, 15) is 24.5 Å². The van der Waals surface area contributed by atoms with Crippen LogP contribution in [-0.2, 0) is 9.53 Å². The highest BCUT2D eigenvalue weighted by atomic mass is 16.6. The maximum absolute atomic E-state index is 12.0. The zero-order chi connectivity index (χ0) is 20.7. The van der Waals surface area contributed by atoms with Crippen LogP contribution in [-0.4, -0.2) is 35.9 Å². The molecule has 2 aromatic rings. The number of ether oxygens (including phenoxy) is 1. The SMILES string of the molecule is CCNC(=O)c1cccc(NC(=O)COC(=O)c2ccc([N+](=O)[O-])c(C)c2)c1. The molecule has 0 aliphatic heterocycles. The van der Waals surface area contributed by atoms with Gasteiger partial charge in [-0.05, 0) is 44.2 Å². The number of esters is 1. The number of hydrogen-bond acceptors (Lipinski definition) is 6. The van der Waals surface area contributed by atoms with E-state index in [1.807, 2.05) is 0 Å². The maximum atomic E-state index is 12.0. The summed E-state index contributed by atoms with van der Waals surface area (Å²) in [5, 5.41) is 16.0. The monoisotopic (exact) mass is 385 g/mol. The van der Waals surface area contributed by atoms with Gasteiger partial charge in [0.1, 0.15) is 0 Å². The second-order valence-electron chi connectivity index (χ2n) is 5.82. The highest BCUT2D eigenvalue weighted by Gasteiger charge is 2.16. The number of amides is 2. The standard InChI is InChI=1S/C19H19N3O6/c1-3-20-18(24)13-5-4-6-15(10-13)21-17(23)11-28-19(25)14-7-8-16(22(26)27)12(2)9-14/h4-10H,3,11H2,1-2H3,(H,20,24)(H,21,23). The molecule has 0 aromatic heterocycles. The van der Waals surface area contributed by atoms with Gasteiger partial charge in [0.15, 0.2) is 6.61 Å². The molecule has 2 N–H and O–H groups in total. The summed E-state index contributed by atoms with van der Waals surface area (Å²) in [5.74, 6) is -1.62. The Morgan fingerprint density at radius 2 is 1.86 bits per heavy atom. The van der Waals surface area contributed by atoms with Crippen molar-refractivity contribution in [2.45, 2.75) is 13.8 Å². The fourth-order valence-electron chi connectivity index (χ4n) is 2.40.